The van der Waals surface area contributed by atoms with E-state index in [0.29, 0.717) is 5.57 Å². The molecule has 0 fully saturated rings. The molecule has 14 heavy (non-hydrogen) atoms. The molecule has 0 aliphatic rings. The van der Waals surface area contributed by atoms with Crippen LogP contribution in [-0.2, 0) is 23.4 Å². The minimum absolute atomic E-state index is 0.307. The predicted molar refractivity (Wildman–Crippen MR) is 48.1 cm³/mol. The van der Waals surface area contributed by atoms with Crippen molar-refractivity contribution in [2.75, 3.05) is 7.11 Å². The molecule has 7 heteroatoms. The highest BCUT2D eigenvalue weighted by Gasteiger charge is 2.23. The SMILES string of the molecule is COP(=O)(O)OOC(=O)C(C)=C(C)C. The Hall–Kier alpha value is -0.680. The van der Waals surface area contributed by atoms with Gasteiger partial charge in [-0.2, -0.15) is 0 Å². The van der Waals surface area contributed by atoms with Crippen LogP contribution in [0.25, 0.3) is 0 Å². The summed E-state index contributed by atoms with van der Waals surface area (Å²) in [5.74, 6) is -0.823. The topological polar surface area (TPSA) is 82.1 Å². The Morgan fingerprint density at radius 1 is 1.29 bits per heavy atom. The molecule has 0 aliphatic heterocycles. The van der Waals surface area contributed by atoms with Crippen LogP contribution in [0.2, 0.25) is 0 Å². The van der Waals surface area contributed by atoms with Crippen molar-refractivity contribution in [3.63, 3.8) is 0 Å². The van der Waals surface area contributed by atoms with Gasteiger partial charge < -0.3 is 4.89 Å². The lowest BCUT2D eigenvalue weighted by molar-refractivity contribution is -0.218. The second kappa shape index (κ2) is 5.26. The highest BCUT2D eigenvalue weighted by atomic mass is 31.2. The average molecular weight is 224 g/mol. The van der Waals surface area contributed by atoms with Gasteiger partial charge in [0.05, 0.1) is 0 Å². The lowest BCUT2D eigenvalue weighted by atomic mass is 10.2. The van der Waals surface area contributed by atoms with Gasteiger partial charge in [-0.1, -0.05) is 10.2 Å². The summed E-state index contributed by atoms with van der Waals surface area (Å²) in [7, 11) is -3.30. The standard InChI is InChI=1S/C7H13O6P/c1-5(2)6(3)7(8)12-13-14(9,10)11-4/h1-4H3,(H,9,10). The molecule has 0 aliphatic carbocycles. The Balaban J connectivity index is 4.25. The highest BCUT2D eigenvalue weighted by Crippen LogP contribution is 2.42. The molecule has 0 saturated heterocycles. The first kappa shape index (κ1) is 13.3. The smallest absolute Gasteiger partial charge is 0.300 e. The molecular formula is C7H13O6P. The maximum atomic E-state index is 11.1. The van der Waals surface area contributed by atoms with E-state index in [-0.39, 0.29) is 0 Å². The van der Waals surface area contributed by atoms with Gasteiger partial charge in [0.1, 0.15) is 0 Å². The van der Waals surface area contributed by atoms with Crippen LogP contribution in [0.4, 0.5) is 0 Å². The van der Waals surface area contributed by atoms with Gasteiger partial charge >= 0.3 is 13.8 Å². The average Bonchev–Trinajstić information content (AvgIpc) is 2.13. The monoisotopic (exact) mass is 224 g/mol. The van der Waals surface area contributed by atoms with Gasteiger partial charge in [0.15, 0.2) is 0 Å². The van der Waals surface area contributed by atoms with E-state index in [1.165, 1.54) is 6.92 Å². The van der Waals surface area contributed by atoms with Crippen molar-refractivity contribution in [3.05, 3.63) is 11.1 Å². The first-order chi connectivity index (χ1) is 6.30. The number of hydrogen-bond acceptors (Lipinski definition) is 5. The summed E-state index contributed by atoms with van der Waals surface area (Å²) in [6.07, 6.45) is 0. The third-order valence-corrected chi connectivity index (χ3v) is 2.22. The number of carbonyl (C=O) groups is 1. The molecule has 0 spiro atoms. The van der Waals surface area contributed by atoms with E-state index in [2.05, 4.69) is 14.1 Å². The van der Waals surface area contributed by atoms with Crippen molar-refractivity contribution in [3.8, 4) is 0 Å². The van der Waals surface area contributed by atoms with Crippen LogP contribution in [0.1, 0.15) is 20.8 Å². The molecule has 82 valence electrons. The van der Waals surface area contributed by atoms with E-state index in [1.807, 2.05) is 0 Å². The maximum Gasteiger partial charge on any atom is 0.508 e. The largest absolute Gasteiger partial charge is 0.508 e. The summed E-state index contributed by atoms with van der Waals surface area (Å²) >= 11 is 0. The number of phosphoric acid groups is 1. The molecule has 6 nitrogen and oxygen atoms in total. The molecule has 0 rings (SSSR count). The highest BCUT2D eigenvalue weighted by molar-refractivity contribution is 7.47. The molecule has 0 amide bonds. The lowest BCUT2D eigenvalue weighted by Gasteiger charge is -2.07. The Labute approximate surface area is 82.0 Å². The van der Waals surface area contributed by atoms with Crippen molar-refractivity contribution in [2.24, 2.45) is 0 Å². The molecule has 0 bridgehead atoms. The van der Waals surface area contributed by atoms with Gasteiger partial charge in [0.25, 0.3) is 0 Å². The molecule has 0 saturated carbocycles. The zero-order valence-corrected chi connectivity index (χ0v) is 9.33. The Kier molecular flexibility index (Phi) is 5.01. The maximum absolute atomic E-state index is 11.1. The normalized spacial score (nSPS) is 14.4. The zero-order chi connectivity index (χ0) is 11.4. The fourth-order valence-corrected chi connectivity index (χ4v) is 0.601. The van der Waals surface area contributed by atoms with Crippen LogP contribution < -0.4 is 0 Å². The van der Waals surface area contributed by atoms with Crippen molar-refractivity contribution < 1.29 is 28.3 Å². The Morgan fingerprint density at radius 2 is 1.79 bits per heavy atom. The van der Waals surface area contributed by atoms with Crippen LogP contribution in [0.3, 0.4) is 0 Å². The molecule has 1 unspecified atom stereocenters. The summed E-state index contributed by atoms with van der Waals surface area (Å²) in [6, 6.07) is 0. The summed E-state index contributed by atoms with van der Waals surface area (Å²) in [5, 5.41) is 0. The van der Waals surface area contributed by atoms with Crippen LogP contribution in [-0.4, -0.2) is 18.0 Å². The Morgan fingerprint density at radius 3 is 2.14 bits per heavy atom. The van der Waals surface area contributed by atoms with Gasteiger partial charge in [-0.3, -0.25) is 9.41 Å². The molecule has 0 aromatic heterocycles. The van der Waals surface area contributed by atoms with Crippen molar-refractivity contribution >= 4 is 13.8 Å². The van der Waals surface area contributed by atoms with Crippen LogP contribution in [0.5, 0.6) is 0 Å². The summed E-state index contributed by atoms with van der Waals surface area (Å²) < 4.78 is 18.6. The van der Waals surface area contributed by atoms with Gasteiger partial charge in [-0.25, -0.2) is 9.36 Å². The second-order valence-corrected chi connectivity index (χ2v) is 4.17. The quantitative estimate of drug-likeness (QED) is 0.337. The summed E-state index contributed by atoms with van der Waals surface area (Å²) in [4.78, 5) is 23.9. The van der Waals surface area contributed by atoms with E-state index < -0.39 is 13.8 Å². The summed E-state index contributed by atoms with van der Waals surface area (Å²) in [6.45, 7) is 4.91. The van der Waals surface area contributed by atoms with E-state index in [1.54, 1.807) is 13.8 Å². The number of hydrogen-bond donors (Lipinski definition) is 1. The van der Waals surface area contributed by atoms with Gasteiger partial charge in [0.2, 0.25) is 0 Å². The molecule has 0 aromatic carbocycles. The number of allylic oxidation sites excluding steroid dienone is 1. The van der Waals surface area contributed by atoms with E-state index >= 15 is 0 Å². The van der Waals surface area contributed by atoms with E-state index in [9.17, 15) is 9.36 Å². The van der Waals surface area contributed by atoms with E-state index in [4.69, 9.17) is 4.89 Å². The molecule has 0 heterocycles. The van der Waals surface area contributed by atoms with Gasteiger partial charge in [-0.05, 0) is 20.8 Å². The number of carbonyl (C=O) groups excluding carboxylic acids is 1. The van der Waals surface area contributed by atoms with E-state index in [0.717, 1.165) is 12.7 Å². The second-order valence-electron chi connectivity index (χ2n) is 2.72. The lowest BCUT2D eigenvalue weighted by Crippen LogP contribution is -2.07. The minimum atomic E-state index is -4.26. The van der Waals surface area contributed by atoms with Crippen LogP contribution in [0.15, 0.2) is 11.1 Å². The zero-order valence-electron chi connectivity index (χ0n) is 8.44. The number of phosphoric ester groups is 1. The minimum Gasteiger partial charge on any atom is -0.300 e. The molecule has 1 N–H and O–H groups in total. The van der Waals surface area contributed by atoms with Crippen molar-refractivity contribution in [1.82, 2.24) is 0 Å². The molecule has 0 radical (unpaired) electrons. The predicted octanol–water partition coefficient (Wildman–Crippen LogP) is 1.56. The fourth-order valence-electron chi connectivity index (χ4n) is 0.378. The van der Waals surface area contributed by atoms with Gasteiger partial charge in [-0.15, -0.1) is 0 Å². The molecule has 1 atom stereocenters. The summed E-state index contributed by atoms with van der Waals surface area (Å²) in [5.41, 5.74) is 1.03. The molecule has 0 aromatic rings. The van der Waals surface area contributed by atoms with Crippen molar-refractivity contribution in [2.45, 2.75) is 20.8 Å². The third-order valence-electron chi connectivity index (χ3n) is 1.49. The molecular weight excluding hydrogens is 211 g/mol. The first-order valence-electron chi connectivity index (χ1n) is 3.73. The van der Waals surface area contributed by atoms with Crippen molar-refractivity contribution in [1.29, 1.82) is 0 Å². The first-order valence-corrected chi connectivity index (χ1v) is 5.23. The Bertz CT molecular complexity index is 291. The van der Waals surface area contributed by atoms with Gasteiger partial charge in [0, 0.05) is 12.7 Å². The van der Waals surface area contributed by atoms with Crippen LogP contribution in [0, 0.1) is 0 Å². The fraction of sp³-hybridized carbons (Fsp3) is 0.571. The third kappa shape index (κ3) is 4.53. The van der Waals surface area contributed by atoms with Crippen LogP contribution >= 0.6 is 7.82 Å². The number of rotatable bonds is 4.